The van der Waals surface area contributed by atoms with Crippen LogP contribution in [-0.2, 0) is 9.53 Å². The van der Waals surface area contributed by atoms with E-state index in [1.807, 2.05) is 6.07 Å². The van der Waals surface area contributed by atoms with Gasteiger partial charge in [0.1, 0.15) is 5.92 Å². The highest BCUT2D eigenvalue weighted by Crippen LogP contribution is 2.36. The summed E-state index contributed by atoms with van der Waals surface area (Å²) in [7, 11) is 0. The molecule has 29 heavy (non-hydrogen) atoms. The van der Waals surface area contributed by atoms with Crippen LogP contribution in [0.3, 0.4) is 0 Å². The van der Waals surface area contributed by atoms with E-state index >= 15 is 0 Å². The molecule has 0 radical (unpaired) electrons. The molecule has 0 fully saturated rings. The molecule has 4 N–H and O–H groups in total. The predicted octanol–water partition coefficient (Wildman–Crippen LogP) is 4.27. The minimum Gasteiger partial charge on any atom is -0.465 e. The maximum absolute atomic E-state index is 12.7. The molecule has 0 heterocycles. The number of carbonyl (C=O) groups is 1. The summed E-state index contributed by atoms with van der Waals surface area (Å²) in [5.41, 5.74) is 7.30. The summed E-state index contributed by atoms with van der Waals surface area (Å²) >= 11 is 12.4. The number of hydrogen-bond acceptors (Lipinski definition) is 6. The average molecular weight is 438 g/mol. The van der Waals surface area contributed by atoms with Crippen LogP contribution in [0.5, 0.6) is 0 Å². The minimum atomic E-state index is -1.17. The van der Waals surface area contributed by atoms with E-state index in [0.29, 0.717) is 21.9 Å². The molecule has 0 bridgehead atoms. The number of benzene rings is 2. The molecule has 0 aromatic heterocycles. The van der Waals surface area contributed by atoms with Crippen LogP contribution in [0.25, 0.3) is 0 Å². The van der Waals surface area contributed by atoms with Crippen molar-refractivity contribution in [3.8, 4) is 0 Å². The Balaban J connectivity index is 2.59. The van der Waals surface area contributed by atoms with E-state index in [2.05, 4.69) is 10.3 Å². The van der Waals surface area contributed by atoms with E-state index < -0.39 is 17.8 Å². The second-order valence-electron chi connectivity index (χ2n) is 6.14. The molecule has 2 aromatic carbocycles. The zero-order valence-corrected chi connectivity index (χ0v) is 17.1. The molecule has 9 heteroatoms. The number of esters is 1. The first-order valence-electron chi connectivity index (χ1n) is 8.78. The molecule has 154 valence electrons. The maximum Gasteiger partial charge on any atom is 0.317 e. The number of nitrogens with two attached hydrogens (primary N) is 1. The lowest BCUT2D eigenvalue weighted by Gasteiger charge is -2.26. The van der Waals surface area contributed by atoms with Gasteiger partial charge in [0.25, 0.3) is 0 Å². The Bertz CT molecular complexity index is 904. The molecule has 2 atom stereocenters. The number of rotatable bonds is 8. The maximum atomic E-state index is 12.7. The highest BCUT2D eigenvalue weighted by Gasteiger charge is 2.37. The van der Waals surface area contributed by atoms with E-state index in [1.54, 1.807) is 43.3 Å². The van der Waals surface area contributed by atoms with Gasteiger partial charge in [-0.3, -0.25) is 4.79 Å². The van der Waals surface area contributed by atoms with Crippen molar-refractivity contribution in [1.82, 2.24) is 0 Å². The number of carbonyl (C=O) groups excluding carboxylic acids is 1. The van der Waals surface area contributed by atoms with Crippen molar-refractivity contribution in [1.29, 1.82) is 0 Å². The Morgan fingerprint density at radius 2 is 1.83 bits per heavy atom. The minimum absolute atomic E-state index is 0.0571. The Kier molecular flexibility index (Phi) is 8.30. The largest absolute Gasteiger partial charge is 0.465 e. The third-order valence-corrected chi connectivity index (χ3v) is 4.94. The number of hydrogen-bond donors (Lipinski definition) is 3. The van der Waals surface area contributed by atoms with Crippen LogP contribution in [0.15, 0.2) is 58.8 Å². The van der Waals surface area contributed by atoms with Gasteiger partial charge >= 0.3 is 5.97 Å². The van der Waals surface area contributed by atoms with Crippen molar-refractivity contribution in [2.45, 2.75) is 19.3 Å². The Labute approximate surface area is 178 Å². The first-order valence-corrected chi connectivity index (χ1v) is 9.53. The highest BCUT2D eigenvalue weighted by atomic mass is 35.5. The lowest BCUT2D eigenvalue weighted by atomic mass is 9.80. The standard InChI is InChI=1S/C20H21Cl2N3O4/c1-2-29-20(26)18(19(23)25-28)15(14-9-8-13(21)10-16(14)22)11-17(24-27)12-6-4-3-5-7-12/h3-10,15,18,27-28H,2,11H2,1H3,(H2,23,25)/b24-17-. The molecule has 0 aliphatic rings. The van der Waals surface area contributed by atoms with Crippen LogP contribution in [0.1, 0.15) is 30.4 Å². The van der Waals surface area contributed by atoms with Crippen LogP contribution in [-0.4, -0.2) is 34.5 Å². The predicted molar refractivity (Wildman–Crippen MR) is 112 cm³/mol. The van der Waals surface area contributed by atoms with Crippen LogP contribution in [0.2, 0.25) is 10.0 Å². The van der Waals surface area contributed by atoms with E-state index in [0.717, 1.165) is 0 Å². The molecule has 0 spiro atoms. The fourth-order valence-corrected chi connectivity index (χ4v) is 3.60. The van der Waals surface area contributed by atoms with Gasteiger partial charge in [0.15, 0.2) is 5.84 Å². The molecule has 2 aromatic rings. The van der Waals surface area contributed by atoms with Crippen LogP contribution in [0.4, 0.5) is 0 Å². The monoisotopic (exact) mass is 437 g/mol. The average Bonchev–Trinajstić information content (AvgIpc) is 2.71. The quantitative estimate of drug-likeness (QED) is 0.187. The van der Waals surface area contributed by atoms with Gasteiger partial charge in [-0.15, -0.1) is 0 Å². The first kappa shape index (κ1) is 22.5. The van der Waals surface area contributed by atoms with Gasteiger partial charge in [-0.2, -0.15) is 0 Å². The summed E-state index contributed by atoms with van der Waals surface area (Å²) in [5, 5.41) is 26.0. The zero-order chi connectivity index (χ0) is 21.4. The van der Waals surface area contributed by atoms with E-state index in [9.17, 15) is 15.2 Å². The number of amidine groups is 1. The van der Waals surface area contributed by atoms with Crippen molar-refractivity contribution in [3.05, 3.63) is 69.7 Å². The van der Waals surface area contributed by atoms with Gasteiger partial charge in [0.2, 0.25) is 0 Å². The molecular formula is C20H21Cl2N3O4. The fraction of sp³-hybridized carbons (Fsp3) is 0.250. The molecular weight excluding hydrogens is 417 g/mol. The summed E-state index contributed by atoms with van der Waals surface area (Å²) in [6.45, 7) is 1.75. The first-order chi connectivity index (χ1) is 13.9. The second kappa shape index (κ2) is 10.7. The van der Waals surface area contributed by atoms with E-state index in [-0.39, 0.29) is 23.9 Å². The topological polar surface area (TPSA) is 118 Å². The third kappa shape index (κ3) is 5.62. The van der Waals surface area contributed by atoms with Gasteiger partial charge in [-0.25, -0.2) is 0 Å². The Morgan fingerprint density at radius 1 is 1.14 bits per heavy atom. The van der Waals surface area contributed by atoms with Crippen molar-refractivity contribution < 1.29 is 19.9 Å². The highest BCUT2D eigenvalue weighted by molar-refractivity contribution is 6.35. The third-order valence-electron chi connectivity index (χ3n) is 4.38. The molecule has 2 unspecified atom stereocenters. The van der Waals surface area contributed by atoms with Crippen LogP contribution < -0.4 is 5.73 Å². The van der Waals surface area contributed by atoms with Crippen molar-refractivity contribution in [2.75, 3.05) is 6.61 Å². The van der Waals surface area contributed by atoms with Gasteiger partial charge in [0.05, 0.1) is 12.3 Å². The van der Waals surface area contributed by atoms with Crippen LogP contribution >= 0.6 is 23.2 Å². The van der Waals surface area contributed by atoms with Crippen molar-refractivity contribution in [2.24, 2.45) is 22.0 Å². The van der Waals surface area contributed by atoms with E-state index in [4.69, 9.17) is 33.7 Å². The van der Waals surface area contributed by atoms with Gasteiger partial charge in [-0.05, 0) is 30.2 Å². The van der Waals surface area contributed by atoms with Gasteiger partial charge in [-0.1, -0.05) is 69.9 Å². The summed E-state index contributed by atoms with van der Waals surface area (Å²) in [6.07, 6.45) is 0.0571. The lowest BCUT2D eigenvalue weighted by Crippen LogP contribution is -2.38. The van der Waals surface area contributed by atoms with Gasteiger partial charge < -0.3 is 20.9 Å². The molecule has 0 aliphatic heterocycles. The van der Waals surface area contributed by atoms with Crippen molar-refractivity contribution in [3.63, 3.8) is 0 Å². The zero-order valence-electron chi connectivity index (χ0n) is 15.6. The molecule has 0 aliphatic carbocycles. The lowest BCUT2D eigenvalue weighted by molar-refractivity contribution is -0.146. The number of oxime groups is 2. The second-order valence-corrected chi connectivity index (χ2v) is 6.99. The molecule has 2 rings (SSSR count). The normalized spacial score (nSPS) is 14.3. The molecule has 0 saturated carbocycles. The van der Waals surface area contributed by atoms with Crippen LogP contribution in [0, 0.1) is 5.92 Å². The number of halogens is 2. The molecule has 7 nitrogen and oxygen atoms in total. The summed E-state index contributed by atoms with van der Waals surface area (Å²) in [6, 6.07) is 13.7. The smallest absolute Gasteiger partial charge is 0.317 e. The Hall–Kier alpha value is -2.77. The Morgan fingerprint density at radius 3 is 2.38 bits per heavy atom. The van der Waals surface area contributed by atoms with E-state index in [1.165, 1.54) is 6.07 Å². The number of nitrogens with zero attached hydrogens (tertiary/aromatic N) is 2. The molecule has 0 amide bonds. The SMILES string of the molecule is CCOC(=O)C(/C(N)=N\O)C(C/C(=N/O)c1ccccc1)c1ccc(Cl)cc1Cl. The number of ether oxygens (including phenoxy) is 1. The molecule has 0 saturated heterocycles. The summed E-state index contributed by atoms with van der Waals surface area (Å²) in [5.74, 6) is -2.95. The summed E-state index contributed by atoms with van der Waals surface area (Å²) in [4.78, 5) is 12.7. The van der Waals surface area contributed by atoms with Gasteiger partial charge in [0, 0.05) is 22.4 Å². The van der Waals surface area contributed by atoms with Crippen molar-refractivity contribution >= 4 is 40.7 Å². The fourth-order valence-electron chi connectivity index (χ4n) is 3.05. The summed E-state index contributed by atoms with van der Waals surface area (Å²) < 4.78 is 5.13.